The maximum atomic E-state index is 3.68. The third-order valence-corrected chi connectivity index (χ3v) is 6.83. The molecule has 0 radical (unpaired) electrons. The summed E-state index contributed by atoms with van der Waals surface area (Å²) in [5.41, 5.74) is 1.96. The van der Waals surface area contributed by atoms with E-state index in [0.29, 0.717) is 5.41 Å². The molecule has 2 rings (SSSR count). The third kappa shape index (κ3) is 4.46. The molecule has 0 amide bonds. The maximum absolute atomic E-state index is 3.68. The second-order valence-corrected chi connectivity index (χ2v) is 13.0. The van der Waals surface area contributed by atoms with Gasteiger partial charge in [-0.3, -0.25) is 0 Å². The highest BCUT2D eigenvalue weighted by Gasteiger charge is 2.25. The fourth-order valence-corrected chi connectivity index (χ4v) is 4.38. The monoisotopic (exact) mass is 289 g/mol. The molecule has 0 atom stereocenters. The van der Waals surface area contributed by atoms with Gasteiger partial charge in [0.1, 0.15) is 0 Å². The van der Waals surface area contributed by atoms with Crippen LogP contribution in [0.25, 0.3) is 0 Å². The van der Waals surface area contributed by atoms with Crippen molar-refractivity contribution in [3.05, 3.63) is 29.8 Å². The lowest BCUT2D eigenvalue weighted by atomic mass is 9.76. The van der Waals surface area contributed by atoms with E-state index in [1.807, 2.05) is 0 Å². The normalized spacial score (nSPS) is 19.0. The number of nitrogens with one attached hydrogen (secondary N) is 1. The quantitative estimate of drug-likeness (QED) is 0.797. The van der Waals surface area contributed by atoms with Crippen LogP contribution < -0.4 is 10.5 Å². The van der Waals surface area contributed by atoms with Gasteiger partial charge in [-0.1, -0.05) is 75.3 Å². The van der Waals surface area contributed by atoms with E-state index in [0.717, 1.165) is 6.54 Å². The van der Waals surface area contributed by atoms with E-state index in [4.69, 9.17) is 0 Å². The topological polar surface area (TPSA) is 12.0 Å². The first-order valence-electron chi connectivity index (χ1n) is 8.19. The number of hydrogen-bond acceptors (Lipinski definition) is 1. The highest BCUT2D eigenvalue weighted by Crippen LogP contribution is 2.34. The molecule has 0 saturated heterocycles. The molecule has 20 heavy (non-hydrogen) atoms. The molecule has 1 aromatic carbocycles. The van der Waals surface area contributed by atoms with Crippen LogP contribution in [-0.4, -0.2) is 14.6 Å². The minimum absolute atomic E-state index is 0.538. The molecule has 2 heteroatoms. The Morgan fingerprint density at radius 1 is 1.00 bits per heavy atom. The molecule has 1 aromatic rings. The summed E-state index contributed by atoms with van der Waals surface area (Å²) < 4.78 is 0. The Bertz CT molecular complexity index is 410. The van der Waals surface area contributed by atoms with Crippen molar-refractivity contribution >= 4 is 13.3 Å². The molecule has 1 nitrogen and oxygen atoms in total. The summed E-state index contributed by atoms with van der Waals surface area (Å²) in [6, 6.07) is 9.30. The average Bonchev–Trinajstić information content (AvgIpc) is 2.39. The lowest BCUT2D eigenvalue weighted by molar-refractivity contribution is 0.207. The molecule has 1 aliphatic rings. The lowest BCUT2D eigenvalue weighted by Gasteiger charge is -2.33. The summed E-state index contributed by atoms with van der Waals surface area (Å²) in [6.45, 7) is 11.9. The van der Waals surface area contributed by atoms with E-state index in [2.05, 4.69) is 56.1 Å². The van der Waals surface area contributed by atoms with Gasteiger partial charge in [0, 0.05) is 13.1 Å². The van der Waals surface area contributed by atoms with Crippen molar-refractivity contribution in [2.24, 2.45) is 5.41 Å². The third-order valence-electron chi connectivity index (χ3n) is 4.76. The first kappa shape index (κ1) is 15.8. The molecule has 1 fully saturated rings. The van der Waals surface area contributed by atoms with Crippen LogP contribution in [0.5, 0.6) is 0 Å². The van der Waals surface area contributed by atoms with Crippen LogP contribution in [0.1, 0.15) is 44.6 Å². The van der Waals surface area contributed by atoms with Crippen LogP contribution in [0.15, 0.2) is 24.3 Å². The van der Waals surface area contributed by atoms with E-state index in [9.17, 15) is 0 Å². The first-order valence-corrected chi connectivity index (χ1v) is 11.7. The minimum Gasteiger partial charge on any atom is -0.312 e. The fraction of sp³-hybridized carbons (Fsp3) is 0.667. The van der Waals surface area contributed by atoms with Gasteiger partial charge in [0.15, 0.2) is 0 Å². The second-order valence-electron chi connectivity index (χ2n) is 7.92. The zero-order valence-electron chi connectivity index (χ0n) is 13.8. The van der Waals surface area contributed by atoms with Gasteiger partial charge in [-0.25, -0.2) is 0 Å². The van der Waals surface area contributed by atoms with E-state index < -0.39 is 8.07 Å². The van der Waals surface area contributed by atoms with Crippen molar-refractivity contribution in [2.45, 2.75) is 65.2 Å². The summed E-state index contributed by atoms with van der Waals surface area (Å²) in [7, 11) is -1.15. The van der Waals surface area contributed by atoms with Crippen LogP contribution in [0.2, 0.25) is 19.6 Å². The molecular weight excluding hydrogens is 258 g/mol. The molecule has 1 aliphatic carbocycles. The molecule has 0 aromatic heterocycles. The predicted molar refractivity (Wildman–Crippen MR) is 92.3 cm³/mol. The first-order chi connectivity index (χ1) is 9.39. The predicted octanol–water partition coefficient (Wildman–Crippen LogP) is 4.29. The number of hydrogen-bond donors (Lipinski definition) is 1. The van der Waals surface area contributed by atoms with Crippen LogP contribution >= 0.6 is 0 Å². The van der Waals surface area contributed by atoms with Gasteiger partial charge in [0.2, 0.25) is 0 Å². The van der Waals surface area contributed by atoms with Crippen molar-refractivity contribution in [1.29, 1.82) is 0 Å². The maximum Gasteiger partial charge on any atom is 0.0775 e. The summed E-state index contributed by atoms with van der Waals surface area (Å²) >= 11 is 0. The summed E-state index contributed by atoms with van der Waals surface area (Å²) in [6.07, 6.45) is 7.07. The van der Waals surface area contributed by atoms with Gasteiger partial charge in [-0.2, -0.15) is 0 Å². The summed E-state index contributed by atoms with van der Waals surface area (Å²) in [4.78, 5) is 0. The zero-order valence-corrected chi connectivity index (χ0v) is 14.8. The van der Waals surface area contributed by atoms with Gasteiger partial charge in [-0.15, -0.1) is 0 Å². The van der Waals surface area contributed by atoms with Crippen LogP contribution in [0.3, 0.4) is 0 Å². The molecular formula is C18H31NSi. The molecule has 0 heterocycles. The van der Waals surface area contributed by atoms with E-state index in [1.54, 1.807) is 5.19 Å². The Morgan fingerprint density at radius 2 is 1.60 bits per heavy atom. The highest BCUT2D eigenvalue weighted by atomic mass is 28.3. The van der Waals surface area contributed by atoms with Crippen LogP contribution in [0, 0.1) is 5.41 Å². The molecule has 0 spiro atoms. The van der Waals surface area contributed by atoms with Crippen molar-refractivity contribution < 1.29 is 0 Å². The Hall–Kier alpha value is -0.603. The Morgan fingerprint density at radius 3 is 2.15 bits per heavy atom. The molecule has 1 N–H and O–H groups in total. The molecule has 112 valence electrons. The minimum atomic E-state index is -1.15. The Kier molecular flexibility index (Phi) is 5.08. The van der Waals surface area contributed by atoms with E-state index in [-0.39, 0.29) is 0 Å². The highest BCUT2D eigenvalue weighted by molar-refractivity contribution is 6.88. The van der Waals surface area contributed by atoms with Crippen molar-refractivity contribution in [3.63, 3.8) is 0 Å². The smallest absolute Gasteiger partial charge is 0.0775 e. The van der Waals surface area contributed by atoms with Gasteiger partial charge >= 0.3 is 0 Å². The van der Waals surface area contributed by atoms with Crippen molar-refractivity contribution in [1.82, 2.24) is 5.32 Å². The molecule has 1 saturated carbocycles. The lowest BCUT2D eigenvalue weighted by Crippen LogP contribution is -2.37. The van der Waals surface area contributed by atoms with Gasteiger partial charge in [-0.05, 0) is 23.8 Å². The largest absolute Gasteiger partial charge is 0.312 e. The van der Waals surface area contributed by atoms with Crippen molar-refractivity contribution in [2.75, 3.05) is 6.54 Å². The zero-order chi connectivity index (χ0) is 14.6. The number of rotatable bonds is 5. The van der Waals surface area contributed by atoms with Crippen LogP contribution in [-0.2, 0) is 6.54 Å². The standard InChI is InChI=1S/C18H31NSi/c1-18(12-6-5-7-13-18)15-19-14-16-8-10-17(11-9-16)20(2,3)4/h8-11,19H,5-7,12-15H2,1-4H3. The Labute approximate surface area is 126 Å². The average molecular weight is 290 g/mol. The van der Waals surface area contributed by atoms with Gasteiger partial charge in [0.25, 0.3) is 0 Å². The van der Waals surface area contributed by atoms with Gasteiger partial charge in [0.05, 0.1) is 8.07 Å². The summed E-state index contributed by atoms with van der Waals surface area (Å²) in [5.74, 6) is 0. The van der Waals surface area contributed by atoms with Crippen molar-refractivity contribution in [3.8, 4) is 0 Å². The molecule has 0 unspecified atom stereocenters. The SMILES string of the molecule is CC1(CNCc2ccc([Si](C)(C)C)cc2)CCCCC1. The fourth-order valence-electron chi connectivity index (χ4n) is 3.21. The second kappa shape index (κ2) is 6.44. The van der Waals surface area contributed by atoms with Crippen LogP contribution in [0.4, 0.5) is 0 Å². The van der Waals surface area contributed by atoms with E-state index in [1.165, 1.54) is 44.2 Å². The number of benzene rings is 1. The van der Waals surface area contributed by atoms with Gasteiger partial charge < -0.3 is 5.32 Å². The Balaban J connectivity index is 1.82. The van der Waals surface area contributed by atoms with E-state index >= 15 is 0 Å². The molecule has 0 bridgehead atoms. The summed E-state index contributed by atoms with van der Waals surface area (Å²) in [5, 5.41) is 5.24. The molecule has 0 aliphatic heterocycles.